The molecule has 53 heavy (non-hydrogen) atoms. The molecule has 1 aliphatic carbocycles. The summed E-state index contributed by atoms with van der Waals surface area (Å²) in [7, 11) is 0. The highest BCUT2D eigenvalue weighted by atomic mass is 32.2. The van der Waals surface area contributed by atoms with Crippen molar-refractivity contribution in [2.24, 2.45) is 10.8 Å². The zero-order chi connectivity index (χ0) is 39.4. The maximum atomic E-state index is 16.0. The molecule has 2 aliphatic rings. The van der Waals surface area contributed by atoms with Gasteiger partial charge in [-0.3, -0.25) is 9.59 Å². The van der Waals surface area contributed by atoms with Gasteiger partial charge in [0.15, 0.2) is 0 Å². The second-order valence-corrected chi connectivity index (χ2v) is 17.6. The largest absolute Gasteiger partial charge is 0.598 e. The maximum Gasteiger partial charge on any atom is 0.416 e. The van der Waals surface area contributed by atoms with Crippen molar-refractivity contribution in [3.8, 4) is 11.5 Å². The second-order valence-electron chi connectivity index (χ2n) is 15.6. The third kappa shape index (κ3) is 8.02. The first-order valence-electron chi connectivity index (χ1n) is 17.0. The van der Waals surface area contributed by atoms with Crippen LogP contribution in [0.5, 0.6) is 11.5 Å². The van der Waals surface area contributed by atoms with E-state index in [4.69, 9.17) is 4.74 Å². The number of halogens is 5. The van der Waals surface area contributed by atoms with Gasteiger partial charge in [0.05, 0.1) is 22.6 Å². The minimum atomic E-state index is -4.82. The first kappa shape index (κ1) is 40.0. The number of rotatable bonds is 9. The molecule has 9 nitrogen and oxygen atoms in total. The van der Waals surface area contributed by atoms with Crippen molar-refractivity contribution in [3.63, 3.8) is 0 Å². The molecule has 3 aromatic rings. The lowest BCUT2D eigenvalue weighted by molar-refractivity contribution is -0.142. The quantitative estimate of drug-likeness (QED) is 0.146. The highest BCUT2D eigenvalue weighted by Crippen LogP contribution is 2.56. The molecule has 3 unspecified atom stereocenters. The number of ether oxygens (including phenoxy) is 1. The molecule has 1 heterocycles. The van der Waals surface area contributed by atoms with Gasteiger partial charge in [-0.1, -0.05) is 20.8 Å². The minimum Gasteiger partial charge on any atom is -0.598 e. The number of carboxylic acid groups (broad SMARTS) is 1. The van der Waals surface area contributed by atoms with Gasteiger partial charge in [-0.25, -0.2) is 18.5 Å². The molecule has 0 aromatic heterocycles. The molecular formula is C38H42F5N3O6S. The zero-order valence-electron chi connectivity index (χ0n) is 30.3. The molecule has 3 atom stereocenters. The van der Waals surface area contributed by atoms with Crippen molar-refractivity contribution in [3.05, 3.63) is 88.0 Å². The monoisotopic (exact) mass is 763 g/mol. The van der Waals surface area contributed by atoms with E-state index in [-0.39, 0.29) is 41.3 Å². The van der Waals surface area contributed by atoms with Crippen LogP contribution in [0.25, 0.3) is 0 Å². The van der Waals surface area contributed by atoms with E-state index >= 15 is 4.39 Å². The van der Waals surface area contributed by atoms with Gasteiger partial charge in [0.1, 0.15) is 27.9 Å². The average molecular weight is 764 g/mol. The van der Waals surface area contributed by atoms with Crippen molar-refractivity contribution in [2.75, 3.05) is 11.9 Å². The van der Waals surface area contributed by atoms with Crippen LogP contribution in [0.1, 0.15) is 105 Å². The summed E-state index contributed by atoms with van der Waals surface area (Å²) in [6.07, 6.45) is -5.35. The van der Waals surface area contributed by atoms with Crippen LogP contribution in [0.2, 0.25) is 0 Å². The lowest BCUT2D eigenvalue weighted by Gasteiger charge is -2.46. The Morgan fingerprint density at radius 2 is 1.66 bits per heavy atom. The fraction of sp³-hybridized carbons (Fsp3) is 0.447. The molecule has 5 rings (SSSR count). The smallest absolute Gasteiger partial charge is 0.416 e. The van der Waals surface area contributed by atoms with Gasteiger partial charge in [0.25, 0.3) is 5.91 Å². The lowest BCUT2D eigenvalue weighted by atomic mass is 9.60. The summed E-state index contributed by atoms with van der Waals surface area (Å²) in [5, 5.41) is 12.4. The molecule has 3 aromatic carbocycles. The number of anilines is 1. The minimum absolute atomic E-state index is 0.0437. The molecule has 3 amide bonds. The normalized spacial score (nSPS) is 19.3. The third-order valence-corrected chi connectivity index (χ3v) is 11.4. The average Bonchev–Trinajstić information content (AvgIpc) is 3.82. The van der Waals surface area contributed by atoms with E-state index in [1.807, 2.05) is 0 Å². The number of aryl methyl sites for hydroxylation is 1. The van der Waals surface area contributed by atoms with Crippen molar-refractivity contribution >= 4 is 35.0 Å². The molecule has 3 N–H and O–H groups in total. The molecular weight excluding hydrogens is 721 g/mol. The Morgan fingerprint density at radius 3 is 2.19 bits per heavy atom. The van der Waals surface area contributed by atoms with Crippen LogP contribution in [-0.2, 0) is 22.3 Å². The van der Waals surface area contributed by atoms with E-state index < -0.39 is 85.7 Å². The summed E-state index contributed by atoms with van der Waals surface area (Å²) in [4.78, 5) is 40.7. The Balaban J connectivity index is 1.62. The van der Waals surface area contributed by atoms with Crippen LogP contribution in [0.3, 0.4) is 0 Å². The first-order valence-corrected chi connectivity index (χ1v) is 18.1. The van der Waals surface area contributed by atoms with Crippen molar-refractivity contribution < 1.29 is 50.7 Å². The first-order chi connectivity index (χ1) is 24.5. The van der Waals surface area contributed by atoms with Gasteiger partial charge in [-0.05, 0) is 118 Å². The number of hydrogen-bond donors (Lipinski definition) is 3. The third-order valence-electron chi connectivity index (χ3n) is 9.84. The van der Waals surface area contributed by atoms with Crippen LogP contribution in [0.4, 0.5) is 32.4 Å². The van der Waals surface area contributed by atoms with Crippen molar-refractivity contribution in [2.45, 2.75) is 90.6 Å². The van der Waals surface area contributed by atoms with Gasteiger partial charge in [0, 0.05) is 29.2 Å². The molecule has 15 heteroatoms. The highest BCUT2D eigenvalue weighted by molar-refractivity contribution is 7.90. The molecule has 1 saturated carbocycles. The van der Waals surface area contributed by atoms with E-state index in [2.05, 4.69) is 10.0 Å². The molecule has 286 valence electrons. The number of alkyl halides is 3. The standard InChI is InChI=1S/C38H42F5N3O6S/c1-20-16-22(39)10-13-29(20)52-30-19-24(21-8-9-21)27(38(41,42)43)18-26(30)32(47)44-23-11-12-28(40)25(17-23)31(45-53(51)36(5,6)7)37(35(2,3)4)14-15-46(33(37)48)34(49)50/h10-13,16-19,21,31,45H,8-9,14-15H2,1-7H3,(H,44,47)(H,49,50). The number of amides is 3. The fourth-order valence-corrected chi connectivity index (χ4v) is 7.65. The zero-order valence-corrected chi connectivity index (χ0v) is 31.2. The number of likely N-dealkylation sites (tertiary alicyclic amines) is 1. The topological polar surface area (TPSA) is 131 Å². The number of carbonyl (C=O) groups excluding carboxylic acids is 2. The number of nitrogens with zero attached hydrogens (tertiary/aromatic N) is 1. The Labute approximate surface area is 307 Å². The van der Waals surface area contributed by atoms with E-state index in [1.54, 1.807) is 41.5 Å². The van der Waals surface area contributed by atoms with Crippen LogP contribution >= 0.6 is 0 Å². The van der Waals surface area contributed by atoms with Crippen LogP contribution in [-0.4, -0.2) is 43.8 Å². The van der Waals surface area contributed by atoms with Crippen molar-refractivity contribution in [1.29, 1.82) is 0 Å². The van der Waals surface area contributed by atoms with E-state index in [1.165, 1.54) is 37.3 Å². The van der Waals surface area contributed by atoms with Crippen LogP contribution < -0.4 is 14.8 Å². The molecule has 1 saturated heterocycles. The number of carbonyl (C=O) groups is 3. The molecule has 0 spiro atoms. The van der Waals surface area contributed by atoms with Gasteiger partial charge < -0.3 is 19.7 Å². The number of benzene rings is 3. The van der Waals surface area contributed by atoms with Gasteiger partial charge in [0.2, 0.25) is 5.91 Å². The molecule has 1 aliphatic heterocycles. The Morgan fingerprint density at radius 1 is 1.00 bits per heavy atom. The number of imide groups is 1. The Hall–Kier alpha value is -4.21. The van der Waals surface area contributed by atoms with Crippen LogP contribution in [0.15, 0.2) is 48.5 Å². The summed E-state index contributed by atoms with van der Waals surface area (Å²) in [5.74, 6) is -3.82. The summed E-state index contributed by atoms with van der Waals surface area (Å²) in [5.41, 5.74) is -4.26. The maximum absolute atomic E-state index is 16.0. The van der Waals surface area contributed by atoms with Gasteiger partial charge in [-0.15, -0.1) is 4.72 Å². The summed E-state index contributed by atoms with van der Waals surface area (Å²) in [6, 6.07) is 7.39. The van der Waals surface area contributed by atoms with E-state index in [9.17, 15) is 41.6 Å². The Bertz CT molecular complexity index is 1940. The molecule has 0 bridgehead atoms. The number of hydrogen-bond acceptors (Lipinski definition) is 6. The summed E-state index contributed by atoms with van der Waals surface area (Å²) < 4.78 is 94.6. The van der Waals surface area contributed by atoms with Gasteiger partial charge >= 0.3 is 12.3 Å². The highest BCUT2D eigenvalue weighted by Gasteiger charge is 2.62. The molecule has 0 radical (unpaired) electrons. The van der Waals surface area contributed by atoms with Crippen molar-refractivity contribution in [1.82, 2.24) is 9.62 Å². The van der Waals surface area contributed by atoms with E-state index in [0.717, 1.165) is 12.1 Å². The van der Waals surface area contributed by atoms with Gasteiger partial charge in [-0.2, -0.15) is 13.2 Å². The summed E-state index contributed by atoms with van der Waals surface area (Å²) in [6.45, 7) is 11.3. The second kappa shape index (κ2) is 14.2. The van der Waals surface area contributed by atoms with E-state index in [0.29, 0.717) is 29.4 Å². The Kier molecular flexibility index (Phi) is 10.7. The van der Waals surface area contributed by atoms with Crippen LogP contribution in [0, 0.1) is 29.4 Å². The fourth-order valence-electron chi connectivity index (χ4n) is 6.75. The predicted octanol–water partition coefficient (Wildman–Crippen LogP) is 9.25. The molecule has 2 fully saturated rings. The summed E-state index contributed by atoms with van der Waals surface area (Å²) >= 11 is -1.92. The number of nitrogens with one attached hydrogen (secondary N) is 2. The predicted molar refractivity (Wildman–Crippen MR) is 189 cm³/mol. The lowest BCUT2D eigenvalue weighted by Crippen LogP contribution is -2.55. The SMILES string of the molecule is Cc1cc(F)ccc1Oc1cc(C2CC2)c(C(F)(F)F)cc1C(=O)Nc1ccc(F)c(C(N[S+]([O-])C(C)(C)C)C2(C(C)(C)C)CCN(C(=O)O)C2=O)c1.